The highest BCUT2D eigenvalue weighted by Crippen LogP contribution is 2.50. The molecule has 0 bridgehead atoms. The molecule has 0 N–H and O–H groups in total. The van der Waals surface area contributed by atoms with Crippen molar-refractivity contribution in [2.75, 3.05) is 21.3 Å². The van der Waals surface area contributed by atoms with Gasteiger partial charge in [-0.3, -0.25) is 0 Å². The first kappa shape index (κ1) is 15.3. The highest BCUT2D eigenvalue weighted by Gasteiger charge is 2.33. The molecule has 1 fully saturated rings. The smallest absolute Gasteiger partial charge is 0.203 e. The first-order valence-electron chi connectivity index (χ1n) is 7.07. The van der Waals surface area contributed by atoms with Crippen LogP contribution in [-0.2, 0) is 0 Å². The maximum Gasteiger partial charge on any atom is 0.203 e. The van der Waals surface area contributed by atoms with Crippen molar-refractivity contribution in [3.63, 3.8) is 0 Å². The van der Waals surface area contributed by atoms with Crippen LogP contribution < -0.4 is 14.2 Å². The third kappa shape index (κ3) is 2.69. The van der Waals surface area contributed by atoms with E-state index in [9.17, 15) is 0 Å². The molecular formula is C16H23ClO3. The molecular weight excluding hydrogens is 276 g/mol. The van der Waals surface area contributed by atoms with Crippen molar-refractivity contribution in [2.24, 2.45) is 11.8 Å². The third-order valence-electron chi connectivity index (χ3n) is 4.34. The summed E-state index contributed by atoms with van der Waals surface area (Å²) in [6, 6.07) is 3.88. The second-order valence-electron chi connectivity index (χ2n) is 5.40. The summed E-state index contributed by atoms with van der Waals surface area (Å²) < 4.78 is 16.3. The zero-order valence-corrected chi connectivity index (χ0v) is 13.4. The minimum atomic E-state index is -0.0535. The third-order valence-corrected chi connectivity index (χ3v) is 4.89. The molecule has 1 aromatic rings. The Bertz CT molecular complexity index is 461. The zero-order chi connectivity index (χ0) is 14.7. The molecule has 4 heteroatoms. The molecule has 1 aliphatic carbocycles. The highest BCUT2D eigenvalue weighted by molar-refractivity contribution is 6.21. The standard InChI is InChI=1S/C16H23ClO3/c1-10-6-5-7-11(10)14(17)12-8-9-13(18-2)16(20-4)15(12)19-3/h8-11,14H,5-7H2,1-4H3. The summed E-state index contributed by atoms with van der Waals surface area (Å²) in [6.45, 7) is 2.28. The van der Waals surface area contributed by atoms with Crippen LogP contribution in [0.4, 0.5) is 0 Å². The molecule has 0 heterocycles. The Hall–Kier alpha value is -1.09. The van der Waals surface area contributed by atoms with Crippen molar-refractivity contribution in [3.8, 4) is 17.2 Å². The van der Waals surface area contributed by atoms with Crippen LogP contribution in [0, 0.1) is 11.8 Å². The molecule has 1 saturated carbocycles. The van der Waals surface area contributed by atoms with E-state index in [1.165, 1.54) is 19.3 Å². The fourth-order valence-corrected chi connectivity index (χ4v) is 3.73. The summed E-state index contributed by atoms with van der Waals surface area (Å²) in [6.07, 6.45) is 3.68. The lowest BCUT2D eigenvalue weighted by molar-refractivity contribution is 0.318. The fraction of sp³-hybridized carbons (Fsp3) is 0.625. The molecule has 20 heavy (non-hydrogen) atoms. The van der Waals surface area contributed by atoms with Crippen LogP contribution in [0.5, 0.6) is 17.2 Å². The summed E-state index contributed by atoms with van der Waals surface area (Å²) >= 11 is 6.74. The van der Waals surface area contributed by atoms with Gasteiger partial charge in [0.2, 0.25) is 5.75 Å². The van der Waals surface area contributed by atoms with Gasteiger partial charge in [0.15, 0.2) is 11.5 Å². The lowest BCUT2D eigenvalue weighted by Crippen LogP contribution is -2.12. The fourth-order valence-electron chi connectivity index (χ4n) is 3.18. The van der Waals surface area contributed by atoms with Crippen LogP contribution in [0.15, 0.2) is 12.1 Å². The van der Waals surface area contributed by atoms with Crippen LogP contribution in [-0.4, -0.2) is 21.3 Å². The van der Waals surface area contributed by atoms with E-state index in [-0.39, 0.29) is 5.38 Å². The van der Waals surface area contributed by atoms with Crippen molar-refractivity contribution in [2.45, 2.75) is 31.6 Å². The predicted molar refractivity (Wildman–Crippen MR) is 81.2 cm³/mol. The Morgan fingerprint density at radius 1 is 1.05 bits per heavy atom. The van der Waals surface area contributed by atoms with E-state index in [1.807, 2.05) is 12.1 Å². The van der Waals surface area contributed by atoms with Crippen molar-refractivity contribution < 1.29 is 14.2 Å². The summed E-state index contributed by atoms with van der Waals surface area (Å²) in [4.78, 5) is 0. The molecule has 1 aliphatic rings. The monoisotopic (exact) mass is 298 g/mol. The van der Waals surface area contributed by atoms with Gasteiger partial charge in [0.05, 0.1) is 26.7 Å². The molecule has 0 aromatic heterocycles. The molecule has 0 radical (unpaired) electrons. The van der Waals surface area contributed by atoms with Crippen molar-refractivity contribution >= 4 is 11.6 Å². The Morgan fingerprint density at radius 3 is 2.25 bits per heavy atom. The van der Waals surface area contributed by atoms with Crippen molar-refractivity contribution in [1.82, 2.24) is 0 Å². The maximum atomic E-state index is 6.74. The topological polar surface area (TPSA) is 27.7 Å². The average Bonchev–Trinajstić information content (AvgIpc) is 2.90. The van der Waals surface area contributed by atoms with Gasteiger partial charge in [-0.25, -0.2) is 0 Å². The van der Waals surface area contributed by atoms with E-state index < -0.39 is 0 Å². The number of hydrogen-bond acceptors (Lipinski definition) is 3. The SMILES string of the molecule is COc1ccc(C(Cl)C2CCCC2C)c(OC)c1OC. The molecule has 3 nitrogen and oxygen atoms in total. The lowest BCUT2D eigenvalue weighted by atomic mass is 9.90. The Labute approximate surface area is 126 Å². The van der Waals surface area contributed by atoms with Crippen LogP contribution in [0.2, 0.25) is 0 Å². The molecule has 1 aromatic carbocycles. The van der Waals surface area contributed by atoms with Crippen molar-refractivity contribution in [3.05, 3.63) is 17.7 Å². The first-order chi connectivity index (χ1) is 9.63. The lowest BCUT2D eigenvalue weighted by Gasteiger charge is -2.24. The number of hydrogen-bond donors (Lipinski definition) is 0. The van der Waals surface area contributed by atoms with Crippen LogP contribution in [0.3, 0.4) is 0 Å². The van der Waals surface area contributed by atoms with E-state index in [2.05, 4.69) is 6.92 Å². The minimum absolute atomic E-state index is 0.0535. The Balaban J connectivity index is 2.40. The van der Waals surface area contributed by atoms with Gasteiger partial charge in [-0.1, -0.05) is 19.8 Å². The minimum Gasteiger partial charge on any atom is -0.493 e. The van der Waals surface area contributed by atoms with Gasteiger partial charge in [-0.2, -0.15) is 0 Å². The van der Waals surface area contributed by atoms with E-state index in [4.69, 9.17) is 25.8 Å². The number of methoxy groups -OCH3 is 3. The van der Waals surface area contributed by atoms with Gasteiger partial charge < -0.3 is 14.2 Å². The van der Waals surface area contributed by atoms with Gasteiger partial charge >= 0.3 is 0 Å². The first-order valence-corrected chi connectivity index (χ1v) is 7.50. The molecule has 112 valence electrons. The number of alkyl halides is 1. The molecule has 3 atom stereocenters. The number of ether oxygens (including phenoxy) is 3. The molecule has 3 unspecified atom stereocenters. The summed E-state index contributed by atoms with van der Waals surface area (Å²) in [5.74, 6) is 3.10. The molecule has 0 saturated heterocycles. The molecule has 0 aliphatic heterocycles. The Kier molecular flexibility index (Phi) is 5.03. The Morgan fingerprint density at radius 2 is 1.75 bits per heavy atom. The molecule has 0 amide bonds. The van der Waals surface area contributed by atoms with E-state index in [1.54, 1.807) is 21.3 Å². The summed E-state index contributed by atoms with van der Waals surface area (Å²) in [5, 5.41) is -0.0535. The van der Waals surface area contributed by atoms with Gasteiger partial charge in [-0.15, -0.1) is 11.6 Å². The second-order valence-corrected chi connectivity index (χ2v) is 5.87. The normalized spacial score (nSPS) is 23.4. The number of rotatable bonds is 5. The van der Waals surface area contributed by atoms with Crippen molar-refractivity contribution in [1.29, 1.82) is 0 Å². The van der Waals surface area contributed by atoms with E-state index >= 15 is 0 Å². The van der Waals surface area contributed by atoms with Gasteiger partial charge in [0.1, 0.15) is 0 Å². The predicted octanol–water partition coefficient (Wildman–Crippen LogP) is 4.43. The quantitative estimate of drug-likeness (QED) is 0.753. The summed E-state index contributed by atoms with van der Waals surface area (Å²) in [7, 11) is 4.88. The van der Waals surface area contributed by atoms with Gasteiger partial charge in [-0.05, 0) is 30.4 Å². The van der Waals surface area contributed by atoms with Crippen LogP contribution in [0.1, 0.15) is 37.1 Å². The van der Waals surface area contributed by atoms with E-state index in [0.717, 1.165) is 5.56 Å². The number of benzene rings is 1. The molecule has 0 spiro atoms. The molecule has 2 rings (SSSR count). The maximum absolute atomic E-state index is 6.74. The van der Waals surface area contributed by atoms with E-state index in [0.29, 0.717) is 29.1 Å². The largest absolute Gasteiger partial charge is 0.493 e. The average molecular weight is 299 g/mol. The second kappa shape index (κ2) is 6.57. The zero-order valence-electron chi connectivity index (χ0n) is 12.6. The summed E-state index contributed by atoms with van der Waals surface area (Å²) in [5.41, 5.74) is 0.991. The number of halogens is 1. The van der Waals surface area contributed by atoms with Crippen LogP contribution in [0.25, 0.3) is 0 Å². The van der Waals surface area contributed by atoms with Gasteiger partial charge in [0.25, 0.3) is 0 Å². The van der Waals surface area contributed by atoms with Crippen LogP contribution >= 0.6 is 11.6 Å². The van der Waals surface area contributed by atoms with Gasteiger partial charge in [0, 0.05) is 5.56 Å². The highest BCUT2D eigenvalue weighted by atomic mass is 35.5.